The maximum absolute atomic E-state index is 5.61. The quantitative estimate of drug-likeness (QED) is 0.938. The SMILES string of the molecule is Cc1nn(C)cc1[C@@H](C)NCc1ccc2c(c1)OCCO2. The lowest BCUT2D eigenvalue weighted by Crippen LogP contribution is -2.19. The molecule has 0 saturated carbocycles. The van der Waals surface area contributed by atoms with E-state index in [1.165, 1.54) is 11.1 Å². The minimum absolute atomic E-state index is 0.256. The number of nitrogens with zero attached hydrogens (tertiary/aromatic N) is 2. The fourth-order valence-electron chi connectivity index (χ4n) is 2.62. The summed E-state index contributed by atoms with van der Waals surface area (Å²) in [6.07, 6.45) is 2.07. The number of aryl methyl sites for hydroxylation is 2. The van der Waals surface area contributed by atoms with Crippen molar-refractivity contribution in [3.8, 4) is 11.5 Å². The topological polar surface area (TPSA) is 48.3 Å². The van der Waals surface area contributed by atoms with Crippen molar-refractivity contribution < 1.29 is 9.47 Å². The molecule has 0 radical (unpaired) electrons. The van der Waals surface area contributed by atoms with Crippen LogP contribution in [0.3, 0.4) is 0 Å². The van der Waals surface area contributed by atoms with Gasteiger partial charge in [0, 0.05) is 31.4 Å². The third kappa shape index (κ3) is 3.03. The van der Waals surface area contributed by atoms with Crippen molar-refractivity contribution in [3.63, 3.8) is 0 Å². The van der Waals surface area contributed by atoms with Crippen LogP contribution < -0.4 is 14.8 Å². The second-order valence-electron chi connectivity index (χ2n) is 5.42. The summed E-state index contributed by atoms with van der Waals surface area (Å²) in [6, 6.07) is 6.35. The van der Waals surface area contributed by atoms with Gasteiger partial charge in [0.25, 0.3) is 0 Å². The number of ether oxygens (including phenoxy) is 2. The van der Waals surface area contributed by atoms with E-state index in [1.54, 1.807) is 0 Å². The number of fused-ring (bicyclic) bond motifs is 1. The van der Waals surface area contributed by atoms with E-state index in [4.69, 9.17) is 9.47 Å². The van der Waals surface area contributed by atoms with Crippen molar-refractivity contribution in [2.45, 2.75) is 26.4 Å². The highest BCUT2D eigenvalue weighted by Gasteiger charge is 2.14. The van der Waals surface area contributed by atoms with Gasteiger partial charge in [0.05, 0.1) is 5.69 Å². The minimum Gasteiger partial charge on any atom is -0.486 e. The molecule has 1 atom stereocenters. The summed E-state index contributed by atoms with van der Waals surface area (Å²) in [4.78, 5) is 0. The standard InChI is InChI=1S/C16H21N3O2/c1-11(14-10-19(3)18-12(14)2)17-9-13-4-5-15-16(8-13)21-7-6-20-15/h4-5,8,10-11,17H,6-7,9H2,1-3H3/t11-/m1/s1. The zero-order valence-electron chi connectivity index (χ0n) is 12.7. The Labute approximate surface area is 124 Å². The highest BCUT2D eigenvalue weighted by molar-refractivity contribution is 5.43. The Balaban J connectivity index is 1.66. The molecule has 0 amide bonds. The molecule has 21 heavy (non-hydrogen) atoms. The van der Waals surface area contributed by atoms with Gasteiger partial charge in [0.2, 0.25) is 0 Å². The lowest BCUT2D eigenvalue weighted by Gasteiger charge is -2.19. The lowest BCUT2D eigenvalue weighted by atomic mass is 10.1. The van der Waals surface area contributed by atoms with Crippen LogP contribution in [0, 0.1) is 6.92 Å². The molecule has 0 saturated heterocycles. The second-order valence-corrected chi connectivity index (χ2v) is 5.42. The molecule has 5 heteroatoms. The van der Waals surface area contributed by atoms with Crippen molar-refractivity contribution in [1.82, 2.24) is 15.1 Å². The molecule has 3 rings (SSSR count). The summed E-state index contributed by atoms with van der Waals surface area (Å²) < 4.78 is 13.0. The van der Waals surface area contributed by atoms with E-state index < -0.39 is 0 Å². The van der Waals surface area contributed by atoms with Crippen LogP contribution in [-0.2, 0) is 13.6 Å². The van der Waals surface area contributed by atoms with E-state index in [1.807, 2.05) is 30.8 Å². The molecule has 1 N–H and O–H groups in total. The molecular weight excluding hydrogens is 266 g/mol. The first-order valence-corrected chi connectivity index (χ1v) is 7.25. The van der Waals surface area contributed by atoms with E-state index in [0.717, 1.165) is 23.7 Å². The van der Waals surface area contributed by atoms with Gasteiger partial charge in [-0.25, -0.2) is 0 Å². The monoisotopic (exact) mass is 287 g/mol. The maximum Gasteiger partial charge on any atom is 0.161 e. The molecule has 1 aliphatic heterocycles. The van der Waals surface area contributed by atoms with Crippen molar-refractivity contribution in [1.29, 1.82) is 0 Å². The summed E-state index contributed by atoms with van der Waals surface area (Å²) in [7, 11) is 1.95. The average Bonchev–Trinajstić information content (AvgIpc) is 2.83. The Morgan fingerprint density at radius 2 is 2.05 bits per heavy atom. The molecule has 1 aliphatic rings. The molecular formula is C16H21N3O2. The van der Waals surface area contributed by atoms with E-state index in [9.17, 15) is 0 Å². The molecule has 0 fully saturated rings. The van der Waals surface area contributed by atoms with E-state index in [0.29, 0.717) is 13.2 Å². The van der Waals surface area contributed by atoms with Crippen molar-refractivity contribution in [2.24, 2.45) is 7.05 Å². The predicted octanol–water partition coefficient (Wildman–Crippen LogP) is 2.35. The summed E-state index contributed by atoms with van der Waals surface area (Å²) in [6.45, 7) is 6.23. The Hall–Kier alpha value is -2.01. The van der Waals surface area contributed by atoms with Gasteiger partial charge >= 0.3 is 0 Å². The molecule has 0 unspecified atom stereocenters. The second kappa shape index (κ2) is 5.77. The van der Waals surface area contributed by atoms with Crippen molar-refractivity contribution in [3.05, 3.63) is 41.2 Å². The van der Waals surface area contributed by atoms with Gasteiger partial charge in [0.15, 0.2) is 11.5 Å². The summed E-state index contributed by atoms with van der Waals surface area (Å²) >= 11 is 0. The largest absolute Gasteiger partial charge is 0.486 e. The van der Waals surface area contributed by atoms with Gasteiger partial charge in [-0.1, -0.05) is 6.07 Å². The molecule has 0 bridgehead atoms. The third-order valence-corrected chi connectivity index (χ3v) is 3.74. The van der Waals surface area contributed by atoms with Crippen molar-refractivity contribution in [2.75, 3.05) is 13.2 Å². The number of hydrogen-bond acceptors (Lipinski definition) is 4. The van der Waals surface area contributed by atoms with Crippen molar-refractivity contribution >= 4 is 0 Å². The normalized spacial score (nSPS) is 15.0. The first-order valence-electron chi connectivity index (χ1n) is 7.25. The van der Waals surface area contributed by atoms with Crippen LogP contribution in [0.25, 0.3) is 0 Å². The predicted molar refractivity (Wildman–Crippen MR) is 80.6 cm³/mol. The molecule has 0 spiro atoms. The van der Waals surface area contributed by atoms with Crippen LogP contribution in [0.1, 0.15) is 29.8 Å². The van der Waals surface area contributed by atoms with E-state index in [-0.39, 0.29) is 6.04 Å². The van der Waals surface area contributed by atoms with Gasteiger partial charge in [-0.05, 0) is 31.5 Å². The molecule has 112 valence electrons. The first kappa shape index (κ1) is 13.9. The van der Waals surface area contributed by atoms with Crippen LogP contribution >= 0.6 is 0 Å². The Bertz CT molecular complexity index is 636. The molecule has 1 aromatic heterocycles. The highest BCUT2D eigenvalue weighted by atomic mass is 16.6. The summed E-state index contributed by atoms with van der Waals surface area (Å²) in [5, 5.41) is 7.91. The van der Waals surface area contributed by atoms with E-state index in [2.05, 4.69) is 29.6 Å². The average molecular weight is 287 g/mol. The smallest absolute Gasteiger partial charge is 0.161 e. The Kier molecular flexibility index (Phi) is 3.84. The number of hydrogen-bond donors (Lipinski definition) is 1. The molecule has 2 heterocycles. The van der Waals surface area contributed by atoms with Crippen LogP contribution in [0.2, 0.25) is 0 Å². The van der Waals surface area contributed by atoms with Gasteiger partial charge in [-0.2, -0.15) is 5.10 Å². The van der Waals surface area contributed by atoms with Gasteiger partial charge in [-0.3, -0.25) is 4.68 Å². The van der Waals surface area contributed by atoms with Crippen LogP contribution in [0.15, 0.2) is 24.4 Å². The fourth-order valence-corrected chi connectivity index (χ4v) is 2.62. The Morgan fingerprint density at radius 3 is 2.76 bits per heavy atom. The number of benzene rings is 1. The fraction of sp³-hybridized carbons (Fsp3) is 0.438. The summed E-state index contributed by atoms with van der Waals surface area (Å²) in [5.74, 6) is 1.67. The highest BCUT2D eigenvalue weighted by Crippen LogP contribution is 2.30. The van der Waals surface area contributed by atoms with Gasteiger partial charge in [0.1, 0.15) is 13.2 Å². The summed E-state index contributed by atoms with van der Waals surface area (Å²) in [5.41, 5.74) is 3.49. The zero-order valence-corrected chi connectivity index (χ0v) is 12.7. The van der Waals surface area contributed by atoms with E-state index >= 15 is 0 Å². The van der Waals surface area contributed by atoms with Gasteiger partial charge in [-0.15, -0.1) is 0 Å². The lowest BCUT2D eigenvalue weighted by molar-refractivity contribution is 0.171. The first-order chi connectivity index (χ1) is 10.1. The molecule has 1 aromatic carbocycles. The zero-order chi connectivity index (χ0) is 14.8. The third-order valence-electron chi connectivity index (χ3n) is 3.74. The number of nitrogens with one attached hydrogen (secondary N) is 1. The van der Waals surface area contributed by atoms with Crippen LogP contribution in [0.4, 0.5) is 0 Å². The van der Waals surface area contributed by atoms with Crippen LogP contribution in [-0.4, -0.2) is 23.0 Å². The molecule has 0 aliphatic carbocycles. The number of rotatable bonds is 4. The van der Waals surface area contributed by atoms with Gasteiger partial charge < -0.3 is 14.8 Å². The number of aromatic nitrogens is 2. The maximum atomic E-state index is 5.61. The molecule has 2 aromatic rings. The molecule has 5 nitrogen and oxygen atoms in total. The minimum atomic E-state index is 0.256. The Morgan fingerprint density at radius 1 is 1.29 bits per heavy atom. The van der Waals surface area contributed by atoms with Crippen LogP contribution in [0.5, 0.6) is 11.5 Å².